The average molecular weight is 311 g/mol. The van der Waals surface area contributed by atoms with Crippen LogP contribution in [-0.4, -0.2) is 15.0 Å². The Morgan fingerprint density at radius 3 is 2.50 bits per heavy atom. The van der Waals surface area contributed by atoms with Crippen LogP contribution in [-0.2, 0) is 25.8 Å². The van der Waals surface area contributed by atoms with Crippen molar-refractivity contribution >= 4 is 11.3 Å². The zero-order chi connectivity index (χ0) is 15.2. The largest absolute Gasteiger partial charge is 0.248 e. The second-order valence-corrected chi connectivity index (χ2v) is 6.76. The van der Waals surface area contributed by atoms with Gasteiger partial charge in [0, 0.05) is 16.0 Å². The summed E-state index contributed by atoms with van der Waals surface area (Å²) in [5.41, 5.74) is 2.32. The quantitative estimate of drug-likeness (QED) is 0.657. The van der Waals surface area contributed by atoms with Gasteiger partial charge in [0.25, 0.3) is 0 Å². The molecule has 0 radical (unpaired) electrons. The molecule has 0 amide bonds. The molecule has 1 aromatic carbocycles. The molecule has 0 aliphatic carbocycles. The Labute approximate surface area is 135 Å². The minimum absolute atomic E-state index is 0.785. The maximum Gasteiger partial charge on any atom is 0.0830 e. The predicted molar refractivity (Wildman–Crippen MR) is 91.3 cm³/mol. The van der Waals surface area contributed by atoms with Gasteiger partial charge in [0.15, 0.2) is 0 Å². The van der Waals surface area contributed by atoms with Gasteiger partial charge in [0.1, 0.15) is 0 Å². The first-order valence-corrected chi connectivity index (χ1v) is 8.65. The van der Waals surface area contributed by atoms with Crippen LogP contribution in [0.1, 0.15) is 34.4 Å². The normalized spacial score (nSPS) is 11.0. The average Bonchev–Trinajstić information content (AvgIpc) is 3.16. The minimum atomic E-state index is 0.785. The Kier molecular flexibility index (Phi) is 5.01. The van der Waals surface area contributed by atoms with E-state index in [2.05, 4.69) is 59.8 Å². The molecular formula is C18H21N3S. The molecule has 0 aliphatic heterocycles. The molecule has 0 unspecified atom stereocenters. The van der Waals surface area contributed by atoms with Crippen LogP contribution in [0.15, 0.2) is 48.7 Å². The standard InChI is InChI=1S/C18H21N3S/c1-2-6-17-11-12-18(22-17)10-9-16-14-21(20-19-16)13-15-7-4-3-5-8-15/h3-5,7-8,11-12,14H,2,6,9-10,13H2,1H3. The lowest BCUT2D eigenvalue weighted by Gasteiger charge is -1.99. The predicted octanol–water partition coefficient (Wildman–Crippen LogP) is 4.13. The first-order valence-electron chi connectivity index (χ1n) is 7.84. The van der Waals surface area contributed by atoms with E-state index in [1.165, 1.54) is 28.2 Å². The topological polar surface area (TPSA) is 30.7 Å². The van der Waals surface area contributed by atoms with Crippen LogP contribution >= 0.6 is 11.3 Å². The highest BCUT2D eigenvalue weighted by Gasteiger charge is 2.04. The zero-order valence-corrected chi connectivity index (χ0v) is 13.7. The van der Waals surface area contributed by atoms with E-state index >= 15 is 0 Å². The number of aryl methyl sites for hydroxylation is 3. The molecule has 114 valence electrons. The summed E-state index contributed by atoms with van der Waals surface area (Å²) in [6, 6.07) is 14.9. The Bertz CT molecular complexity index is 700. The first kappa shape index (κ1) is 15.0. The number of nitrogens with zero attached hydrogens (tertiary/aromatic N) is 3. The monoisotopic (exact) mass is 311 g/mol. The van der Waals surface area contributed by atoms with Crippen molar-refractivity contribution in [3.05, 3.63) is 69.7 Å². The maximum absolute atomic E-state index is 4.29. The van der Waals surface area contributed by atoms with Gasteiger partial charge in [-0.15, -0.1) is 16.4 Å². The molecule has 0 N–H and O–H groups in total. The molecule has 2 aromatic heterocycles. The second-order valence-electron chi connectivity index (χ2n) is 5.51. The molecule has 0 bridgehead atoms. The van der Waals surface area contributed by atoms with Gasteiger partial charge in [-0.1, -0.05) is 48.9 Å². The lowest BCUT2D eigenvalue weighted by atomic mass is 10.2. The van der Waals surface area contributed by atoms with Crippen LogP contribution in [0.5, 0.6) is 0 Å². The van der Waals surface area contributed by atoms with E-state index in [1.807, 2.05) is 22.1 Å². The van der Waals surface area contributed by atoms with E-state index in [-0.39, 0.29) is 0 Å². The van der Waals surface area contributed by atoms with Crippen molar-refractivity contribution in [3.63, 3.8) is 0 Å². The van der Waals surface area contributed by atoms with Crippen molar-refractivity contribution < 1.29 is 0 Å². The van der Waals surface area contributed by atoms with Crippen LogP contribution in [0.25, 0.3) is 0 Å². The maximum atomic E-state index is 4.29. The van der Waals surface area contributed by atoms with Crippen molar-refractivity contribution in [1.29, 1.82) is 0 Å². The molecule has 3 aromatic rings. The van der Waals surface area contributed by atoms with E-state index in [0.29, 0.717) is 0 Å². The Balaban J connectivity index is 1.55. The molecule has 2 heterocycles. The molecule has 3 rings (SSSR count). The van der Waals surface area contributed by atoms with Crippen LogP contribution < -0.4 is 0 Å². The molecule has 0 atom stereocenters. The number of hydrogen-bond donors (Lipinski definition) is 0. The first-order chi connectivity index (χ1) is 10.8. The van der Waals surface area contributed by atoms with Crippen LogP contribution in [0.2, 0.25) is 0 Å². The fourth-order valence-corrected chi connectivity index (χ4v) is 3.61. The molecule has 22 heavy (non-hydrogen) atoms. The molecule has 4 heteroatoms. The second kappa shape index (κ2) is 7.36. The molecule has 3 nitrogen and oxygen atoms in total. The number of hydrogen-bond acceptors (Lipinski definition) is 3. The van der Waals surface area contributed by atoms with Gasteiger partial charge in [0.05, 0.1) is 12.2 Å². The number of thiophene rings is 1. The highest BCUT2D eigenvalue weighted by Crippen LogP contribution is 2.19. The fraction of sp³-hybridized carbons (Fsp3) is 0.333. The molecule has 0 saturated carbocycles. The zero-order valence-electron chi connectivity index (χ0n) is 12.9. The lowest BCUT2D eigenvalue weighted by Crippen LogP contribution is -1.99. The minimum Gasteiger partial charge on any atom is -0.248 e. The molecule has 0 spiro atoms. The van der Waals surface area contributed by atoms with Crippen LogP contribution in [0.4, 0.5) is 0 Å². The third-order valence-electron chi connectivity index (χ3n) is 3.61. The highest BCUT2D eigenvalue weighted by atomic mass is 32.1. The summed E-state index contributed by atoms with van der Waals surface area (Å²) in [6.45, 7) is 3.01. The summed E-state index contributed by atoms with van der Waals surface area (Å²) >= 11 is 1.93. The van der Waals surface area contributed by atoms with Crippen LogP contribution in [0, 0.1) is 0 Å². The Hall–Kier alpha value is -1.94. The molecule has 0 fully saturated rings. The SMILES string of the molecule is CCCc1ccc(CCc2cn(Cc3ccccc3)nn2)s1. The highest BCUT2D eigenvalue weighted by molar-refractivity contribution is 7.11. The molecule has 0 saturated heterocycles. The Morgan fingerprint density at radius 2 is 1.73 bits per heavy atom. The van der Waals surface area contributed by atoms with Crippen molar-refractivity contribution in [2.45, 2.75) is 39.2 Å². The summed E-state index contributed by atoms with van der Waals surface area (Å²) in [4.78, 5) is 2.94. The fourth-order valence-electron chi connectivity index (χ4n) is 2.49. The number of aromatic nitrogens is 3. The molecule has 0 aliphatic rings. The van der Waals surface area contributed by atoms with Gasteiger partial charge < -0.3 is 0 Å². The van der Waals surface area contributed by atoms with Gasteiger partial charge in [-0.25, -0.2) is 4.68 Å². The summed E-state index contributed by atoms with van der Waals surface area (Å²) < 4.78 is 1.92. The Morgan fingerprint density at radius 1 is 0.955 bits per heavy atom. The van der Waals surface area contributed by atoms with E-state index in [1.54, 1.807) is 0 Å². The van der Waals surface area contributed by atoms with Gasteiger partial charge in [-0.2, -0.15) is 0 Å². The van der Waals surface area contributed by atoms with Crippen molar-refractivity contribution in [2.75, 3.05) is 0 Å². The third-order valence-corrected chi connectivity index (χ3v) is 4.82. The number of rotatable bonds is 7. The van der Waals surface area contributed by atoms with E-state index < -0.39 is 0 Å². The third kappa shape index (κ3) is 4.04. The lowest BCUT2D eigenvalue weighted by molar-refractivity contribution is 0.649. The van der Waals surface area contributed by atoms with E-state index in [0.717, 1.165) is 25.1 Å². The van der Waals surface area contributed by atoms with Gasteiger partial charge >= 0.3 is 0 Å². The summed E-state index contributed by atoms with van der Waals surface area (Å²) in [5, 5.41) is 8.52. The van der Waals surface area contributed by atoms with Gasteiger partial charge in [-0.05, 0) is 37.0 Å². The summed E-state index contributed by atoms with van der Waals surface area (Å²) in [5.74, 6) is 0. The van der Waals surface area contributed by atoms with E-state index in [9.17, 15) is 0 Å². The van der Waals surface area contributed by atoms with E-state index in [4.69, 9.17) is 0 Å². The van der Waals surface area contributed by atoms with Gasteiger partial charge in [-0.3, -0.25) is 0 Å². The van der Waals surface area contributed by atoms with Crippen molar-refractivity contribution in [3.8, 4) is 0 Å². The van der Waals surface area contributed by atoms with Gasteiger partial charge in [0.2, 0.25) is 0 Å². The van der Waals surface area contributed by atoms with Crippen molar-refractivity contribution in [1.82, 2.24) is 15.0 Å². The van der Waals surface area contributed by atoms with Crippen molar-refractivity contribution in [2.24, 2.45) is 0 Å². The van der Waals surface area contributed by atoms with Crippen LogP contribution in [0.3, 0.4) is 0 Å². The smallest absolute Gasteiger partial charge is 0.0830 e. The number of benzene rings is 1. The summed E-state index contributed by atoms with van der Waals surface area (Å²) in [7, 11) is 0. The molecular weight excluding hydrogens is 290 g/mol. The summed E-state index contributed by atoms with van der Waals surface area (Å²) in [6.07, 6.45) is 6.48.